The van der Waals surface area contributed by atoms with Gasteiger partial charge in [0.1, 0.15) is 0 Å². The van der Waals surface area contributed by atoms with Crippen LogP contribution >= 0.6 is 0 Å². The predicted molar refractivity (Wildman–Crippen MR) is 104 cm³/mol. The van der Waals surface area contributed by atoms with Gasteiger partial charge in [-0.1, -0.05) is 57.2 Å². The molecule has 0 bridgehead atoms. The zero-order valence-electron chi connectivity index (χ0n) is 15.7. The monoisotopic (exact) mass is 336 g/mol. The topological polar surface area (TPSA) is 46.3 Å². The summed E-state index contributed by atoms with van der Waals surface area (Å²) < 4.78 is 0. The van der Waals surface area contributed by atoms with Crippen molar-refractivity contribution in [3.63, 3.8) is 0 Å². The second-order valence-corrected chi connectivity index (χ2v) is 7.74. The average molecular weight is 336 g/mol. The van der Waals surface area contributed by atoms with E-state index in [2.05, 4.69) is 45.0 Å². The maximum Gasteiger partial charge on any atom is 0.228 e. The van der Waals surface area contributed by atoms with E-state index in [1.54, 1.807) is 0 Å². The summed E-state index contributed by atoms with van der Waals surface area (Å²) in [7, 11) is 0. The van der Waals surface area contributed by atoms with Crippen LogP contribution in [0, 0.1) is 0 Å². The van der Waals surface area contributed by atoms with Crippen LogP contribution in [0.5, 0.6) is 0 Å². The van der Waals surface area contributed by atoms with E-state index in [4.69, 9.17) is 5.73 Å². The Kier molecular flexibility index (Phi) is 4.70. The molecular formula is C22H28N2O. The number of fused-ring (bicyclic) bond motifs is 1. The van der Waals surface area contributed by atoms with Crippen LogP contribution in [0.1, 0.15) is 62.4 Å². The van der Waals surface area contributed by atoms with Gasteiger partial charge in [-0.05, 0) is 41.7 Å². The quantitative estimate of drug-likeness (QED) is 0.894. The summed E-state index contributed by atoms with van der Waals surface area (Å²) in [5.41, 5.74) is 11.9. The van der Waals surface area contributed by atoms with Gasteiger partial charge in [0.05, 0.1) is 6.54 Å². The Balaban J connectivity index is 2.13. The van der Waals surface area contributed by atoms with Gasteiger partial charge >= 0.3 is 0 Å². The second kappa shape index (κ2) is 6.64. The lowest BCUT2D eigenvalue weighted by Crippen LogP contribution is -2.41. The van der Waals surface area contributed by atoms with Crippen LogP contribution in [-0.2, 0) is 23.2 Å². The highest BCUT2D eigenvalue weighted by Crippen LogP contribution is 2.43. The van der Waals surface area contributed by atoms with E-state index in [1.807, 2.05) is 30.0 Å². The maximum absolute atomic E-state index is 12.9. The molecule has 132 valence electrons. The minimum atomic E-state index is -0.153. The van der Waals surface area contributed by atoms with Gasteiger partial charge in [-0.3, -0.25) is 4.79 Å². The first-order valence-electron chi connectivity index (χ1n) is 9.10. The van der Waals surface area contributed by atoms with Crippen molar-refractivity contribution >= 4 is 11.6 Å². The molecular weight excluding hydrogens is 308 g/mol. The molecule has 1 aliphatic rings. The molecule has 1 aliphatic heterocycles. The van der Waals surface area contributed by atoms with Crippen molar-refractivity contribution in [1.82, 2.24) is 0 Å². The molecule has 0 saturated heterocycles. The number of rotatable bonds is 4. The Morgan fingerprint density at radius 3 is 2.48 bits per heavy atom. The fourth-order valence-electron chi connectivity index (χ4n) is 3.79. The van der Waals surface area contributed by atoms with Gasteiger partial charge in [-0.25, -0.2) is 0 Å². The normalized spacial score (nSPS) is 17.3. The molecule has 1 amide bonds. The van der Waals surface area contributed by atoms with Gasteiger partial charge in [0, 0.05) is 23.6 Å². The van der Waals surface area contributed by atoms with E-state index >= 15 is 0 Å². The van der Waals surface area contributed by atoms with E-state index in [0.717, 1.165) is 23.2 Å². The number of aryl methyl sites for hydroxylation is 1. The largest absolute Gasteiger partial charge is 0.324 e. The molecule has 3 rings (SSSR count). The lowest BCUT2D eigenvalue weighted by atomic mass is 9.75. The first-order chi connectivity index (χ1) is 11.8. The summed E-state index contributed by atoms with van der Waals surface area (Å²) in [6, 6.07) is 14.6. The molecule has 0 saturated carbocycles. The molecule has 1 atom stereocenters. The highest BCUT2D eigenvalue weighted by molar-refractivity contribution is 5.98. The third-order valence-corrected chi connectivity index (χ3v) is 5.23. The maximum atomic E-state index is 12.9. The van der Waals surface area contributed by atoms with E-state index in [9.17, 15) is 4.79 Å². The van der Waals surface area contributed by atoms with E-state index in [1.165, 1.54) is 11.1 Å². The summed E-state index contributed by atoms with van der Waals surface area (Å²) in [4.78, 5) is 14.8. The molecule has 2 N–H and O–H groups in total. The highest BCUT2D eigenvalue weighted by Gasteiger charge is 2.37. The van der Waals surface area contributed by atoms with Crippen LogP contribution in [0.25, 0.3) is 0 Å². The SMILES string of the molecule is CCc1cc2c(cc1C(C)N)N(Cc1ccccc1)C(=O)CC2(C)C. The number of amides is 1. The standard InChI is InChI=1S/C22H28N2O/c1-5-17-11-19-20(12-18(17)15(2)23)24(21(25)13-22(19,3)4)14-16-9-7-6-8-10-16/h6-12,15H,5,13-14,23H2,1-4H3. The Hall–Kier alpha value is -2.13. The number of nitrogens with zero attached hydrogens (tertiary/aromatic N) is 1. The number of hydrogen-bond donors (Lipinski definition) is 1. The fourth-order valence-corrected chi connectivity index (χ4v) is 3.79. The molecule has 25 heavy (non-hydrogen) atoms. The molecule has 0 aromatic heterocycles. The Bertz CT molecular complexity index is 778. The van der Waals surface area contributed by atoms with Crippen molar-refractivity contribution in [2.75, 3.05) is 4.90 Å². The molecule has 2 aromatic carbocycles. The Labute approximate surface area is 150 Å². The molecule has 2 aromatic rings. The molecule has 0 aliphatic carbocycles. The zero-order chi connectivity index (χ0) is 18.2. The van der Waals surface area contributed by atoms with Crippen molar-refractivity contribution in [3.05, 3.63) is 64.7 Å². The average Bonchev–Trinajstić information content (AvgIpc) is 2.58. The van der Waals surface area contributed by atoms with Crippen molar-refractivity contribution in [1.29, 1.82) is 0 Å². The molecule has 1 heterocycles. The van der Waals surface area contributed by atoms with Crippen LogP contribution in [-0.4, -0.2) is 5.91 Å². The lowest BCUT2D eigenvalue weighted by Gasteiger charge is -2.40. The van der Waals surface area contributed by atoms with Gasteiger partial charge in [0.15, 0.2) is 0 Å². The molecule has 1 unspecified atom stereocenters. The van der Waals surface area contributed by atoms with Crippen LogP contribution in [0.3, 0.4) is 0 Å². The van der Waals surface area contributed by atoms with Gasteiger partial charge in [0.25, 0.3) is 0 Å². The summed E-state index contributed by atoms with van der Waals surface area (Å²) in [6.07, 6.45) is 1.49. The van der Waals surface area contributed by atoms with Crippen LogP contribution in [0.4, 0.5) is 5.69 Å². The molecule has 0 fully saturated rings. The van der Waals surface area contributed by atoms with Crippen LogP contribution < -0.4 is 10.6 Å². The number of nitrogens with two attached hydrogens (primary N) is 1. The van der Waals surface area contributed by atoms with Gasteiger partial charge in [-0.2, -0.15) is 0 Å². The van der Waals surface area contributed by atoms with Gasteiger partial charge in [0.2, 0.25) is 5.91 Å². The summed E-state index contributed by atoms with van der Waals surface area (Å²) in [6.45, 7) is 9.10. The van der Waals surface area contributed by atoms with E-state index < -0.39 is 0 Å². The molecule has 0 spiro atoms. The second-order valence-electron chi connectivity index (χ2n) is 7.74. The van der Waals surface area contributed by atoms with E-state index in [-0.39, 0.29) is 17.4 Å². The predicted octanol–water partition coefficient (Wildman–Crippen LogP) is 4.48. The van der Waals surface area contributed by atoms with Gasteiger partial charge in [-0.15, -0.1) is 0 Å². The first kappa shape index (κ1) is 17.7. The van der Waals surface area contributed by atoms with E-state index in [0.29, 0.717) is 13.0 Å². The third kappa shape index (κ3) is 3.34. The van der Waals surface area contributed by atoms with Crippen molar-refractivity contribution in [2.45, 2.75) is 58.5 Å². The van der Waals surface area contributed by atoms with Crippen LogP contribution in [0.2, 0.25) is 0 Å². The summed E-state index contributed by atoms with van der Waals surface area (Å²) >= 11 is 0. The van der Waals surface area contributed by atoms with Crippen molar-refractivity contribution < 1.29 is 4.79 Å². The van der Waals surface area contributed by atoms with Crippen molar-refractivity contribution in [3.8, 4) is 0 Å². The molecule has 3 heteroatoms. The van der Waals surface area contributed by atoms with Crippen LogP contribution in [0.15, 0.2) is 42.5 Å². The molecule has 0 radical (unpaired) electrons. The number of benzene rings is 2. The minimum absolute atomic E-state index is 0.0426. The number of carbonyl (C=O) groups is 1. The first-order valence-corrected chi connectivity index (χ1v) is 9.10. The fraction of sp³-hybridized carbons (Fsp3) is 0.409. The smallest absolute Gasteiger partial charge is 0.228 e. The minimum Gasteiger partial charge on any atom is -0.324 e. The number of hydrogen-bond acceptors (Lipinski definition) is 2. The number of carbonyl (C=O) groups excluding carboxylic acids is 1. The molecule has 3 nitrogen and oxygen atoms in total. The van der Waals surface area contributed by atoms with Gasteiger partial charge < -0.3 is 10.6 Å². The highest BCUT2D eigenvalue weighted by atomic mass is 16.2. The zero-order valence-corrected chi connectivity index (χ0v) is 15.7. The Morgan fingerprint density at radius 2 is 1.88 bits per heavy atom. The Morgan fingerprint density at radius 1 is 1.20 bits per heavy atom. The lowest BCUT2D eigenvalue weighted by molar-refractivity contribution is -0.120. The third-order valence-electron chi connectivity index (χ3n) is 5.23. The summed E-state index contributed by atoms with van der Waals surface area (Å²) in [5, 5.41) is 0. The summed E-state index contributed by atoms with van der Waals surface area (Å²) in [5.74, 6) is 0.182. The van der Waals surface area contributed by atoms with Crippen molar-refractivity contribution in [2.24, 2.45) is 5.73 Å². The number of anilines is 1.